The van der Waals surface area contributed by atoms with Crippen LogP contribution in [0.25, 0.3) is 11.1 Å². The Bertz CT molecular complexity index is 1150. The van der Waals surface area contributed by atoms with Gasteiger partial charge in [-0.1, -0.05) is 48.0 Å². The van der Waals surface area contributed by atoms with Crippen LogP contribution in [0.15, 0.2) is 72.1 Å². The topological polar surface area (TPSA) is 57.4 Å². The molecule has 1 aromatic heterocycles. The molecule has 0 radical (unpaired) electrons. The second-order valence-corrected chi connectivity index (χ2v) is 8.43. The van der Waals surface area contributed by atoms with Gasteiger partial charge in [-0.25, -0.2) is 4.98 Å². The van der Waals surface area contributed by atoms with E-state index in [1.165, 1.54) is 28.0 Å². The zero-order valence-electron chi connectivity index (χ0n) is 18.0. The highest BCUT2D eigenvalue weighted by atomic mass is 32.1. The molecule has 0 saturated carbocycles. The van der Waals surface area contributed by atoms with Crippen molar-refractivity contribution in [3.63, 3.8) is 0 Å². The van der Waals surface area contributed by atoms with Crippen molar-refractivity contribution in [1.29, 1.82) is 0 Å². The van der Waals surface area contributed by atoms with Gasteiger partial charge in [0.15, 0.2) is 5.13 Å². The predicted octanol–water partition coefficient (Wildman–Crippen LogP) is 6.09. The molecule has 158 valence electrons. The number of benzene rings is 3. The van der Waals surface area contributed by atoms with Crippen molar-refractivity contribution < 1.29 is 9.47 Å². The van der Waals surface area contributed by atoms with E-state index in [4.69, 9.17) is 15.2 Å². The monoisotopic (exact) mass is 430 g/mol. The minimum Gasteiger partial charge on any atom is -0.497 e. The highest BCUT2D eigenvalue weighted by Gasteiger charge is 2.18. The average Bonchev–Trinajstić information content (AvgIpc) is 3.24. The van der Waals surface area contributed by atoms with E-state index in [-0.39, 0.29) is 5.92 Å². The third-order valence-corrected chi connectivity index (χ3v) is 6.17. The molecule has 0 aliphatic rings. The number of rotatable bonds is 7. The van der Waals surface area contributed by atoms with Crippen LogP contribution in [0.1, 0.15) is 28.3 Å². The normalized spacial score (nSPS) is 11.8. The van der Waals surface area contributed by atoms with Crippen LogP contribution in [-0.4, -0.2) is 19.2 Å². The highest BCUT2D eigenvalue weighted by molar-refractivity contribution is 7.13. The van der Waals surface area contributed by atoms with Gasteiger partial charge in [0, 0.05) is 16.9 Å². The molecule has 1 heterocycles. The van der Waals surface area contributed by atoms with Gasteiger partial charge in [0.05, 0.1) is 19.9 Å². The molecule has 0 unspecified atom stereocenters. The number of hydrogen-bond donors (Lipinski definition) is 1. The molecular weight excluding hydrogens is 404 g/mol. The number of aromatic nitrogens is 1. The fraction of sp³-hybridized carbons (Fsp3) is 0.192. The van der Waals surface area contributed by atoms with Gasteiger partial charge in [-0.15, -0.1) is 11.3 Å². The Morgan fingerprint density at radius 2 is 1.68 bits per heavy atom. The number of nitrogens with zero attached hydrogens (tertiary/aromatic N) is 1. The maximum atomic E-state index is 5.93. The van der Waals surface area contributed by atoms with Crippen LogP contribution in [0.3, 0.4) is 0 Å². The summed E-state index contributed by atoms with van der Waals surface area (Å²) in [6.45, 7) is 2.09. The molecule has 5 heteroatoms. The Morgan fingerprint density at radius 3 is 2.29 bits per heavy atom. The Morgan fingerprint density at radius 1 is 0.935 bits per heavy atom. The molecule has 0 fully saturated rings. The van der Waals surface area contributed by atoms with Crippen molar-refractivity contribution in [3.8, 4) is 22.6 Å². The fourth-order valence-electron chi connectivity index (χ4n) is 3.79. The maximum absolute atomic E-state index is 5.93. The second-order valence-electron chi connectivity index (χ2n) is 7.54. The molecule has 3 aromatic carbocycles. The summed E-state index contributed by atoms with van der Waals surface area (Å²) in [6.07, 6.45) is 0.834. The van der Waals surface area contributed by atoms with Gasteiger partial charge in [0.2, 0.25) is 0 Å². The van der Waals surface area contributed by atoms with Gasteiger partial charge in [0.25, 0.3) is 0 Å². The molecule has 31 heavy (non-hydrogen) atoms. The largest absolute Gasteiger partial charge is 0.497 e. The van der Waals surface area contributed by atoms with Crippen LogP contribution in [0.5, 0.6) is 11.5 Å². The number of thiazole rings is 1. The molecule has 0 aliphatic carbocycles. The van der Waals surface area contributed by atoms with Gasteiger partial charge in [-0.05, 0) is 54.3 Å². The second kappa shape index (κ2) is 9.23. The molecule has 0 spiro atoms. The number of aryl methyl sites for hydroxylation is 1. The first kappa shape index (κ1) is 20.9. The molecule has 0 aliphatic heterocycles. The molecule has 4 nitrogen and oxygen atoms in total. The summed E-state index contributed by atoms with van der Waals surface area (Å²) in [4.78, 5) is 4.57. The van der Waals surface area contributed by atoms with E-state index in [1.807, 2.05) is 18.2 Å². The summed E-state index contributed by atoms with van der Waals surface area (Å²) in [5, 5.41) is 2.64. The first-order chi connectivity index (χ1) is 15.1. The molecule has 4 rings (SSSR count). The number of anilines is 1. The summed E-state index contributed by atoms with van der Waals surface area (Å²) in [7, 11) is 3.39. The SMILES string of the molecule is COc1ccc([C@H](Cc2ccc(-c3cc(C)ccc3OC)cc2)c2csc(N)n2)cc1. The number of methoxy groups -OCH3 is 2. The lowest BCUT2D eigenvalue weighted by Gasteiger charge is -2.17. The van der Waals surface area contributed by atoms with E-state index in [1.54, 1.807) is 14.2 Å². The number of nitrogen functional groups attached to an aromatic ring is 1. The Kier molecular flexibility index (Phi) is 6.23. The summed E-state index contributed by atoms with van der Waals surface area (Å²) in [5.74, 6) is 1.85. The summed E-state index contributed by atoms with van der Waals surface area (Å²) < 4.78 is 10.9. The van der Waals surface area contributed by atoms with Crippen molar-refractivity contribution in [2.45, 2.75) is 19.3 Å². The van der Waals surface area contributed by atoms with E-state index >= 15 is 0 Å². The van der Waals surface area contributed by atoms with Crippen LogP contribution in [0.2, 0.25) is 0 Å². The zero-order chi connectivity index (χ0) is 21.8. The number of hydrogen-bond acceptors (Lipinski definition) is 5. The van der Waals surface area contributed by atoms with Gasteiger partial charge >= 0.3 is 0 Å². The van der Waals surface area contributed by atoms with Crippen molar-refractivity contribution >= 4 is 16.5 Å². The van der Waals surface area contributed by atoms with Gasteiger partial charge in [-0.2, -0.15) is 0 Å². The van der Waals surface area contributed by atoms with Crippen LogP contribution in [0.4, 0.5) is 5.13 Å². The summed E-state index contributed by atoms with van der Waals surface area (Å²) in [5.41, 5.74) is 12.8. The van der Waals surface area contributed by atoms with Crippen LogP contribution in [-0.2, 0) is 6.42 Å². The molecule has 1 atom stereocenters. The minimum absolute atomic E-state index is 0.124. The van der Waals surface area contributed by atoms with Crippen molar-refractivity contribution in [2.75, 3.05) is 20.0 Å². The fourth-order valence-corrected chi connectivity index (χ4v) is 4.41. The quantitative estimate of drug-likeness (QED) is 0.385. The van der Waals surface area contributed by atoms with E-state index in [0.29, 0.717) is 5.13 Å². The lowest BCUT2D eigenvalue weighted by atomic mass is 9.89. The summed E-state index contributed by atoms with van der Waals surface area (Å²) in [6, 6.07) is 23.1. The Balaban J connectivity index is 1.63. The van der Waals surface area contributed by atoms with E-state index in [9.17, 15) is 0 Å². The smallest absolute Gasteiger partial charge is 0.180 e. The van der Waals surface area contributed by atoms with Gasteiger partial charge in [-0.3, -0.25) is 0 Å². The molecule has 0 bridgehead atoms. The van der Waals surface area contributed by atoms with E-state index < -0.39 is 0 Å². The first-order valence-electron chi connectivity index (χ1n) is 10.2. The van der Waals surface area contributed by atoms with Gasteiger partial charge < -0.3 is 15.2 Å². The van der Waals surface area contributed by atoms with Crippen molar-refractivity contribution in [3.05, 3.63) is 94.5 Å². The van der Waals surface area contributed by atoms with Crippen molar-refractivity contribution in [1.82, 2.24) is 4.98 Å². The van der Waals surface area contributed by atoms with Crippen LogP contribution in [0, 0.1) is 6.92 Å². The van der Waals surface area contributed by atoms with Gasteiger partial charge in [0.1, 0.15) is 11.5 Å². The summed E-state index contributed by atoms with van der Waals surface area (Å²) >= 11 is 1.48. The third-order valence-electron chi connectivity index (χ3n) is 5.47. The number of ether oxygens (including phenoxy) is 2. The lowest BCUT2D eigenvalue weighted by Crippen LogP contribution is -2.06. The Labute approximate surface area is 187 Å². The molecule has 4 aromatic rings. The minimum atomic E-state index is 0.124. The number of nitrogens with two attached hydrogens (primary N) is 1. The molecule has 2 N–H and O–H groups in total. The van der Waals surface area contributed by atoms with Crippen molar-refractivity contribution in [2.24, 2.45) is 0 Å². The first-order valence-corrected chi connectivity index (χ1v) is 11.0. The molecule has 0 amide bonds. The molecule has 0 saturated heterocycles. The highest BCUT2D eigenvalue weighted by Crippen LogP contribution is 2.34. The van der Waals surface area contributed by atoms with Crippen LogP contribution >= 0.6 is 11.3 Å². The van der Waals surface area contributed by atoms with E-state index in [0.717, 1.165) is 34.7 Å². The standard InChI is InChI=1S/C26H26N2O2S/c1-17-4-13-25(30-3)23(14-17)20-7-5-18(6-8-20)15-22(24-16-31-26(27)28-24)19-9-11-21(29-2)12-10-19/h4-14,16,22H,15H2,1-3H3,(H2,27,28)/t22-/m0/s1. The lowest BCUT2D eigenvalue weighted by molar-refractivity contribution is 0.414. The van der Waals surface area contributed by atoms with E-state index in [2.05, 4.69) is 65.8 Å². The third kappa shape index (κ3) is 4.72. The Hall–Kier alpha value is -3.31. The molecular formula is C26H26N2O2S. The maximum Gasteiger partial charge on any atom is 0.180 e. The zero-order valence-corrected chi connectivity index (χ0v) is 18.8. The van der Waals surface area contributed by atoms with Crippen LogP contribution < -0.4 is 15.2 Å². The predicted molar refractivity (Wildman–Crippen MR) is 128 cm³/mol. The average molecular weight is 431 g/mol.